The minimum Gasteiger partial charge on any atom is -0.439 e. The van der Waals surface area contributed by atoms with Crippen molar-refractivity contribution in [2.75, 3.05) is 7.05 Å². The van der Waals surface area contributed by atoms with E-state index in [1.165, 1.54) is 35.9 Å². The van der Waals surface area contributed by atoms with E-state index in [4.69, 9.17) is 4.74 Å². The van der Waals surface area contributed by atoms with E-state index in [-0.39, 0.29) is 29.6 Å². The zero-order chi connectivity index (χ0) is 24.6. The molecule has 0 aliphatic rings. The molecule has 4 aromatic rings. The molecular weight excluding hydrogens is 451 g/mol. The molecule has 34 heavy (non-hydrogen) atoms. The van der Waals surface area contributed by atoms with Crippen LogP contribution in [0.5, 0.6) is 11.6 Å². The summed E-state index contributed by atoms with van der Waals surface area (Å²) in [4.78, 5) is 33.0. The van der Waals surface area contributed by atoms with Gasteiger partial charge in [-0.2, -0.15) is 18.2 Å². The number of amides is 1. The summed E-state index contributed by atoms with van der Waals surface area (Å²) in [5.74, 6) is 0.428. The van der Waals surface area contributed by atoms with Gasteiger partial charge in [0.15, 0.2) is 0 Å². The summed E-state index contributed by atoms with van der Waals surface area (Å²) in [6.07, 6.45) is -2.74. The predicted octanol–water partition coefficient (Wildman–Crippen LogP) is 3.66. The fourth-order valence-corrected chi connectivity index (χ4v) is 3.58. The lowest BCUT2D eigenvalue weighted by Crippen LogP contribution is -2.23. The third-order valence-corrected chi connectivity index (χ3v) is 5.23. The highest BCUT2D eigenvalue weighted by Crippen LogP contribution is 2.33. The van der Waals surface area contributed by atoms with Gasteiger partial charge in [-0.25, -0.2) is 4.98 Å². The number of fused-ring (bicyclic) bond motifs is 1. The number of nitrogens with zero attached hydrogens (tertiary/aromatic N) is 4. The zero-order valence-corrected chi connectivity index (χ0v) is 18.5. The highest BCUT2D eigenvalue weighted by atomic mass is 19.4. The number of benzene rings is 1. The number of carbonyl (C=O) groups is 1. The van der Waals surface area contributed by atoms with Crippen LogP contribution in [0.15, 0.2) is 53.5 Å². The number of carbonyl (C=O) groups excluding carboxylic acids is 1. The molecule has 0 aliphatic carbocycles. The Bertz CT molecular complexity index is 1440. The van der Waals surface area contributed by atoms with Crippen molar-refractivity contribution in [3.8, 4) is 22.9 Å². The van der Waals surface area contributed by atoms with Gasteiger partial charge in [-0.1, -0.05) is 0 Å². The van der Waals surface area contributed by atoms with Crippen LogP contribution >= 0.6 is 0 Å². The summed E-state index contributed by atoms with van der Waals surface area (Å²) in [5, 5.41) is 2.57. The Hall–Kier alpha value is -4.15. The summed E-state index contributed by atoms with van der Waals surface area (Å²) in [5.41, 5.74) is 1.19. The van der Waals surface area contributed by atoms with Crippen molar-refractivity contribution in [2.45, 2.75) is 19.6 Å². The first-order chi connectivity index (χ1) is 16.1. The third-order valence-electron chi connectivity index (χ3n) is 5.23. The van der Waals surface area contributed by atoms with Gasteiger partial charge in [0, 0.05) is 38.0 Å². The Morgan fingerprint density at radius 2 is 1.82 bits per heavy atom. The number of halogens is 3. The number of nitrogens with one attached hydrogen (secondary N) is 1. The Balaban J connectivity index is 1.78. The van der Waals surface area contributed by atoms with Gasteiger partial charge >= 0.3 is 6.18 Å². The van der Waals surface area contributed by atoms with Crippen LogP contribution in [0.25, 0.3) is 22.3 Å². The van der Waals surface area contributed by atoms with Gasteiger partial charge in [-0.3, -0.25) is 9.59 Å². The lowest BCUT2D eigenvalue weighted by Gasteiger charge is -2.10. The summed E-state index contributed by atoms with van der Waals surface area (Å²) in [7, 11) is 3.15. The van der Waals surface area contributed by atoms with Crippen LogP contribution in [0.2, 0.25) is 0 Å². The fourth-order valence-electron chi connectivity index (χ4n) is 3.58. The predicted molar refractivity (Wildman–Crippen MR) is 119 cm³/mol. The van der Waals surface area contributed by atoms with Crippen molar-refractivity contribution in [2.24, 2.45) is 7.05 Å². The maximum Gasteiger partial charge on any atom is 0.416 e. The number of rotatable bonds is 5. The van der Waals surface area contributed by atoms with Crippen LogP contribution in [0.3, 0.4) is 0 Å². The molecule has 8 nitrogen and oxygen atoms in total. The molecule has 0 saturated heterocycles. The standard InChI is InChI=1S/C23H20F3N5O3/c1-13-28-17(10-20(29-13)34-15-6-4-14(5-7-15)23(24,25)26)16-11-31(12-19(32)27-2)18-8-9-21(33)30(3)22(16)18/h4-11H,12H2,1-3H3,(H,27,32). The lowest BCUT2D eigenvalue weighted by atomic mass is 10.2. The van der Waals surface area contributed by atoms with E-state index < -0.39 is 11.7 Å². The van der Waals surface area contributed by atoms with Crippen LogP contribution in [-0.2, 0) is 24.6 Å². The quantitative estimate of drug-likeness (QED) is 0.480. The summed E-state index contributed by atoms with van der Waals surface area (Å²) >= 11 is 0. The molecule has 176 valence electrons. The van der Waals surface area contributed by atoms with Gasteiger partial charge < -0.3 is 19.2 Å². The second-order valence-electron chi connectivity index (χ2n) is 7.57. The van der Waals surface area contributed by atoms with E-state index in [1.807, 2.05) is 0 Å². The van der Waals surface area contributed by atoms with E-state index >= 15 is 0 Å². The molecule has 0 aliphatic heterocycles. The Labute approximate surface area is 191 Å². The summed E-state index contributed by atoms with van der Waals surface area (Å²) in [6.45, 7) is 1.68. The number of pyridine rings is 1. The van der Waals surface area contributed by atoms with Crippen LogP contribution < -0.4 is 15.6 Å². The van der Waals surface area contributed by atoms with Crippen LogP contribution in [-0.4, -0.2) is 32.1 Å². The summed E-state index contributed by atoms with van der Waals surface area (Å²) < 4.78 is 47.3. The van der Waals surface area contributed by atoms with Crippen LogP contribution in [0, 0.1) is 6.92 Å². The van der Waals surface area contributed by atoms with E-state index in [1.54, 1.807) is 30.8 Å². The molecule has 0 radical (unpaired) electrons. The number of aromatic nitrogens is 4. The number of ether oxygens (including phenoxy) is 1. The Morgan fingerprint density at radius 3 is 2.47 bits per heavy atom. The Morgan fingerprint density at radius 1 is 1.12 bits per heavy atom. The highest BCUT2D eigenvalue weighted by Gasteiger charge is 2.30. The number of likely N-dealkylation sites (N-methyl/N-ethyl adjacent to an activating group) is 1. The Kier molecular flexibility index (Phi) is 5.86. The van der Waals surface area contributed by atoms with Crippen molar-refractivity contribution in [1.82, 2.24) is 24.4 Å². The van der Waals surface area contributed by atoms with Gasteiger partial charge in [-0.15, -0.1) is 0 Å². The zero-order valence-electron chi connectivity index (χ0n) is 18.5. The second-order valence-corrected chi connectivity index (χ2v) is 7.57. The van der Waals surface area contributed by atoms with E-state index in [0.29, 0.717) is 28.1 Å². The first-order valence-electron chi connectivity index (χ1n) is 10.2. The van der Waals surface area contributed by atoms with Gasteiger partial charge in [0.2, 0.25) is 11.8 Å². The number of hydrogen-bond acceptors (Lipinski definition) is 5. The largest absolute Gasteiger partial charge is 0.439 e. The molecule has 1 amide bonds. The van der Waals surface area contributed by atoms with Crippen molar-refractivity contribution >= 4 is 16.9 Å². The van der Waals surface area contributed by atoms with E-state index in [2.05, 4.69) is 15.3 Å². The molecule has 0 spiro atoms. The molecule has 3 heterocycles. The van der Waals surface area contributed by atoms with Gasteiger partial charge in [0.1, 0.15) is 18.1 Å². The van der Waals surface area contributed by atoms with Crippen LogP contribution in [0.4, 0.5) is 13.2 Å². The minimum atomic E-state index is -4.45. The van der Waals surface area contributed by atoms with Crippen LogP contribution in [0.1, 0.15) is 11.4 Å². The number of aryl methyl sites for hydroxylation is 2. The maximum atomic E-state index is 12.8. The van der Waals surface area contributed by atoms with E-state index in [0.717, 1.165) is 12.1 Å². The van der Waals surface area contributed by atoms with Gasteiger partial charge in [0.25, 0.3) is 5.56 Å². The van der Waals surface area contributed by atoms with Crippen molar-refractivity contribution in [1.29, 1.82) is 0 Å². The van der Waals surface area contributed by atoms with Gasteiger partial charge in [-0.05, 0) is 37.3 Å². The van der Waals surface area contributed by atoms with Crippen molar-refractivity contribution < 1.29 is 22.7 Å². The lowest BCUT2D eigenvalue weighted by molar-refractivity contribution is -0.137. The molecule has 0 saturated carbocycles. The molecule has 0 atom stereocenters. The molecule has 11 heteroatoms. The third kappa shape index (κ3) is 4.49. The SMILES string of the molecule is CNC(=O)Cn1cc(-c2cc(Oc3ccc(C(F)(F)F)cc3)nc(C)n2)c2c1ccc(=O)n2C. The molecule has 0 bridgehead atoms. The number of alkyl halides is 3. The van der Waals surface area contributed by atoms with Crippen molar-refractivity contribution in [3.63, 3.8) is 0 Å². The van der Waals surface area contributed by atoms with E-state index in [9.17, 15) is 22.8 Å². The molecular formula is C23H20F3N5O3. The normalized spacial score (nSPS) is 11.6. The topological polar surface area (TPSA) is 91.0 Å². The fraction of sp³-hybridized carbons (Fsp3) is 0.217. The van der Waals surface area contributed by atoms with Gasteiger partial charge in [0.05, 0.1) is 22.3 Å². The first kappa shape index (κ1) is 23.0. The number of hydrogen-bond donors (Lipinski definition) is 1. The maximum absolute atomic E-state index is 12.8. The molecule has 0 fully saturated rings. The smallest absolute Gasteiger partial charge is 0.416 e. The molecule has 0 unspecified atom stereocenters. The second kappa shape index (κ2) is 8.65. The molecule has 1 N–H and O–H groups in total. The average molecular weight is 471 g/mol. The molecule has 3 aromatic heterocycles. The highest BCUT2D eigenvalue weighted by molar-refractivity contribution is 5.93. The molecule has 1 aromatic carbocycles. The first-order valence-corrected chi connectivity index (χ1v) is 10.2. The monoisotopic (exact) mass is 471 g/mol. The molecule has 4 rings (SSSR count). The van der Waals surface area contributed by atoms with Crippen molar-refractivity contribution in [3.05, 3.63) is 70.4 Å². The average Bonchev–Trinajstić information content (AvgIpc) is 3.14. The minimum absolute atomic E-state index is 0.0319. The summed E-state index contributed by atoms with van der Waals surface area (Å²) in [6, 6.07) is 8.84.